The Morgan fingerprint density at radius 3 is 2.73 bits per heavy atom. The van der Waals surface area contributed by atoms with Crippen LogP contribution >= 0.6 is 0 Å². The summed E-state index contributed by atoms with van der Waals surface area (Å²) in [6, 6.07) is 5.57. The van der Waals surface area contributed by atoms with Gasteiger partial charge in [-0.1, -0.05) is 0 Å². The third-order valence-electron chi connectivity index (χ3n) is 2.42. The second-order valence-corrected chi connectivity index (χ2v) is 3.41. The van der Waals surface area contributed by atoms with Crippen molar-refractivity contribution in [1.82, 2.24) is 15.0 Å². The molecule has 1 aromatic carbocycles. The molecule has 0 atom stereocenters. The Morgan fingerprint density at radius 1 is 1.07 bits per heavy atom. The number of pyridine rings is 1. The molecule has 0 aliphatic carbocycles. The minimum atomic E-state index is 0.594. The highest BCUT2D eigenvalue weighted by atomic mass is 14.9. The number of aromatic amines is 1. The van der Waals surface area contributed by atoms with Crippen LogP contribution in [0.1, 0.15) is 0 Å². The van der Waals surface area contributed by atoms with Gasteiger partial charge < -0.3 is 16.5 Å². The van der Waals surface area contributed by atoms with Crippen molar-refractivity contribution in [3.8, 4) is 0 Å². The molecule has 0 radical (unpaired) electrons. The summed E-state index contributed by atoms with van der Waals surface area (Å²) in [5, 5.41) is 0.981. The van der Waals surface area contributed by atoms with E-state index < -0.39 is 0 Å². The lowest BCUT2D eigenvalue weighted by atomic mass is 10.1. The number of hydrogen-bond acceptors (Lipinski definition) is 4. The van der Waals surface area contributed by atoms with Gasteiger partial charge in [-0.3, -0.25) is 0 Å². The van der Waals surface area contributed by atoms with E-state index in [1.165, 1.54) is 6.33 Å². The van der Waals surface area contributed by atoms with Gasteiger partial charge in [-0.05, 0) is 18.2 Å². The summed E-state index contributed by atoms with van der Waals surface area (Å²) in [6.07, 6.45) is 1.50. The normalized spacial score (nSPS) is 11.2. The van der Waals surface area contributed by atoms with Gasteiger partial charge >= 0.3 is 0 Å². The monoisotopic (exact) mass is 199 g/mol. The Bertz CT molecular complexity index is 655. The topological polar surface area (TPSA) is 93.6 Å². The van der Waals surface area contributed by atoms with Gasteiger partial charge in [-0.2, -0.15) is 0 Å². The quantitative estimate of drug-likeness (QED) is 0.475. The summed E-state index contributed by atoms with van der Waals surface area (Å²) in [4.78, 5) is 11.3. The molecule has 2 aromatic heterocycles. The molecule has 0 saturated carbocycles. The van der Waals surface area contributed by atoms with Crippen LogP contribution in [-0.2, 0) is 0 Å². The lowest BCUT2D eigenvalue weighted by Gasteiger charge is -2.03. The average Bonchev–Trinajstić information content (AvgIpc) is 2.69. The van der Waals surface area contributed by atoms with Crippen LogP contribution in [0.3, 0.4) is 0 Å². The molecule has 0 aliphatic rings. The van der Waals surface area contributed by atoms with Crippen molar-refractivity contribution < 1.29 is 0 Å². The molecule has 0 fully saturated rings. The van der Waals surface area contributed by atoms with E-state index in [4.69, 9.17) is 11.5 Å². The molecule has 0 saturated heterocycles. The summed E-state index contributed by atoms with van der Waals surface area (Å²) in [5.74, 6) is 0.594. The summed E-state index contributed by atoms with van der Waals surface area (Å²) in [6.45, 7) is 0. The molecule has 5 heteroatoms. The summed E-state index contributed by atoms with van der Waals surface area (Å²) in [5.41, 5.74) is 14.5. The highest BCUT2D eigenvalue weighted by Gasteiger charge is 2.07. The molecule has 2 heterocycles. The molecular formula is C10H9N5. The third-order valence-corrected chi connectivity index (χ3v) is 2.42. The number of nitrogen functional groups attached to an aromatic ring is 2. The first-order valence-corrected chi connectivity index (χ1v) is 4.53. The lowest BCUT2D eigenvalue weighted by molar-refractivity contribution is 1.34. The van der Waals surface area contributed by atoms with E-state index in [1.807, 2.05) is 12.1 Å². The van der Waals surface area contributed by atoms with E-state index >= 15 is 0 Å². The molecule has 0 amide bonds. The molecule has 0 unspecified atom stereocenters. The van der Waals surface area contributed by atoms with E-state index in [-0.39, 0.29) is 0 Å². The van der Waals surface area contributed by atoms with Gasteiger partial charge in [-0.15, -0.1) is 0 Å². The second-order valence-electron chi connectivity index (χ2n) is 3.41. The molecule has 5 N–H and O–H groups in total. The zero-order chi connectivity index (χ0) is 10.4. The molecule has 15 heavy (non-hydrogen) atoms. The molecule has 3 rings (SSSR count). The minimum absolute atomic E-state index is 0.594. The Kier molecular flexibility index (Phi) is 1.39. The van der Waals surface area contributed by atoms with Crippen LogP contribution in [0.5, 0.6) is 0 Å². The van der Waals surface area contributed by atoms with Crippen LogP contribution in [0.4, 0.5) is 11.5 Å². The Morgan fingerprint density at radius 2 is 1.87 bits per heavy atom. The van der Waals surface area contributed by atoms with Crippen molar-refractivity contribution in [2.45, 2.75) is 0 Å². The van der Waals surface area contributed by atoms with Crippen molar-refractivity contribution >= 4 is 33.4 Å². The fourth-order valence-corrected chi connectivity index (χ4v) is 1.73. The number of nitrogens with two attached hydrogens (primary N) is 2. The van der Waals surface area contributed by atoms with Crippen LogP contribution in [0, 0.1) is 0 Å². The number of imidazole rings is 1. The molecule has 0 aliphatic heterocycles. The fourth-order valence-electron chi connectivity index (χ4n) is 1.73. The molecular weight excluding hydrogens is 190 g/mol. The minimum Gasteiger partial charge on any atom is -0.397 e. The number of nitrogens with one attached hydrogen (secondary N) is 1. The van der Waals surface area contributed by atoms with E-state index in [9.17, 15) is 0 Å². The van der Waals surface area contributed by atoms with Gasteiger partial charge in [0.1, 0.15) is 23.2 Å². The van der Waals surface area contributed by atoms with Crippen LogP contribution in [-0.4, -0.2) is 15.0 Å². The summed E-state index contributed by atoms with van der Waals surface area (Å²) in [7, 11) is 0. The SMILES string of the molecule is Nc1ccc2cc(N)c3ncnc3c2[nH]1. The maximum atomic E-state index is 5.86. The van der Waals surface area contributed by atoms with Crippen LogP contribution in [0.2, 0.25) is 0 Å². The average molecular weight is 199 g/mol. The predicted octanol–water partition coefficient (Wildman–Crippen LogP) is 1.28. The first-order valence-electron chi connectivity index (χ1n) is 4.53. The largest absolute Gasteiger partial charge is 0.397 e. The number of hydrogen-bond donors (Lipinski definition) is 3. The predicted molar refractivity (Wildman–Crippen MR) is 60.2 cm³/mol. The van der Waals surface area contributed by atoms with E-state index in [0.717, 1.165) is 16.4 Å². The van der Waals surface area contributed by atoms with Crippen molar-refractivity contribution in [3.05, 3.63) is 24.5 Å². The Labute approximate surface area is 85.1 Å². The Balaban J connectivity index is 2.61. The molecule has 0 bridgehead atoms. The zero-order valence-electron chi connectivity index (χ0n) is 7.86. The van der Waals surface area contributed by atoms with Crippen molar-refractivity contribution in [2.24, 2.45) is 0 Å². The zero-order valence-corrected chi connectivity index (χ0v) is 7.86. The van der Waals surface area contributed by atoms with Crippen LogP contribution in [0.15, 0.2) is 24.5 Å². The first kappa shape index (κ1) is 8.05. The second kappa shape index (κ2) is 2.60. The first-order chi connectivity index (χ1) is 7.25. The number of aromatic nitrogens is 3. The van der Waals surface area contributed by atoms with E-state index in [1.54, 1.807) is 6.07 Å². The number of nitrogens with zero attached hydrogens (tertiary/aromatic N) is 2. The summed E-state index contributed by atoms with van der Waals surface area (Å²) < 4.78 is 0. The van der Waals surface area contributed by atoms with Crippen LogP contribution < -0.4 is 11.5 Å². The number of fused-ring (bicyclic) bond motifs is 3. The molecule has 5 nitrogen and oxygen atoms in total. The van der Waals surface area contributed by atoms with Crippen molar-refractivity contribution in [3.63, 3.8) is 0 Å². The van der Waals surface area contributed by atoms with Crippen molar-refractivity contribution in [2.75, 3.05) is 11.5 Å². The van der Waals surface area contributed by atoms with Gasteiger partial charge in [0.15, 0.2) is 0 Å². The van der Waals surface area contributed by atoms with Gasteiger partial charge in [0.25, 0.3) is 0 Å². The Hall–Kier alpha value is -2.30. The number of benzene rings is 1. The fraction of sp³-hybridized carbons (Fsp3) is 0. The summed E-state index contributed by atoms with van der Waals surface area (Å²) >= 11 is 0. The highest BCUT2D eigenvalue weighted by molar-refractivity contribution is 6.07. The number of H-pyrrole nitrogens is 1. The van der Waals surface area contributed by atoms with Crippen LogP contribution in [0.25, 0.3) is 21.9 Å². The van der Waals surface area contributed by atoms with Gasteiger partial charge in [0.05, 0.1) is 11.2 Å². The smallest absolute Gasteiger partial charge is 0.117 e. The van der Waals surface area contributed by atoms with Gasteiger partial charge in [0, 0.05) is 5.39 Å². The molecule has 0 spiro atoms. The number of rotatable bonds is 0. The van der Waals surface area contributed by atoms with Gasteiger partial charge in [0.2, 0.25) is 0 Å². The maximum absolute atomic E-state index is 5.86. The van der Waals surface area contributed by atoms with E-state index in [0.29, 0.717) is 17.0 Å². The maximum Gasteiger partial charge on any atom is 0.117 e. The van der Waals surface area contributed by atoms with Gasteiger partial charge in [-0.25, -0.2) is 9.97 Å². The van der Waals surface area contributed by atoms with Crippen molar-refractivity contribution in [1.29, 1.82) is 0 Å². The molecule has 74 valence electrons. The third kappa shape index (κ3) is 1.03. The lowest BCUT2D eigenvalue weighted by Crippen LogP contribution is -1.93. The number of anilines is 2. The molecule has 3 aromatic rings. The standard InChI is InChI=1S/C10H9N5/c11-6-3-5-1-2-7(12)15-8(5)10-9(6)13-4-14-10/h1-4,15H,11-12H2. The highest BCUT2D eigenvalue weighted by Crippen LogP contribution is 2.26. The van der Waals surface area contributed by atoms with E-state index in [2.05, 4.69) is 15.0 Å².